The monoisotopic (exact) mass is 316 g/mol. The maximum Gasteiger partial charge on any atom is 0.244 e. The Morgan fingerprint density at radius 3 is 2.55 bits per heavy atom. The first-order chi connectivity index (χ1) is 9.41. The number of anilines is 1. The molecular formula is C14H21ClN2O2S. The minimum Gasteiger partial charge on any atom is -0.399 e. The Hall–Kier alpha value is -0.780. The number of sulfonamides is 1. The first-order valence-corrected chi connectivity index (χ1v) is 8.74. The van der Waals surface area contributed by atoms with E-state index in [0.717, 1.165) is 12.8 Å². The molecule has 2 N–H and O–H groups in total. The molecule has 1 aromatic rings. The maximum atomic E-state index is 12.5. The Morgan fingerprint density at radius 1 is 1.30 bits per heavy atom. The normalized spacial score (nSPS) is 17.6. The van der Waals surface area contributed by atoms with Gasteiger partial charge in [0, 0.05) is 19.3 Å². The van der Waals surface area contributed by atoms with Crippen molar-refractivity contribution in [3.8, 4) is 0 Å². The van der Waals surface area contributed by atoms with E-state index in [1.54, 1.807) is 13.1 Å². The Bertz CT molecular complexity index is 569. The number of nitrogens with zero attached hydrogens (tertiary/aromatic N) is 1. The van der Waals surface area contributed by atoms with Gasteiger partial charge in [-0.2, -0.15) is 0 Å². The fourth-order valence-electron chi connectivity index (χ4n) is 2.73. The molecule has 6 heteroatoms. The number of rotatable bonds is 4. The van der Waals surface area contributed by atoms with Crippen LogP contribution in [0.4, 0.5) is 5.69 Å². The molecule has 1 aliphatic rings. The van der Waals surface area contributed by atoms with Crippen LogP contribution >= 0.6 is 11.6 Å². The minimum absolute atomic E-state index is 0.131. The van der Waals surface area contributed by atoms with Gasteiger partial charge >= 0.3 is 0 Å². The number of hydrogen-bond donors (Lipinski definition) is 1. The van der Waals surface area contributed by atoms with Gasteiger partial charge in [0.25, 0.3) is 0 Å². The summed E-state index contributed by atoms with van der Waals surface area (Å²) in [6.45, 7) is 0.559. The zero-order chi connectivity index (χ0) is 14.8. The lowest BCUT2D eigenvalue weighted by Crippen LogP contribution is -2.32. The molecule has 1 saturated carbocycles. The standard InChI is InChI=1S/C14H21ClN2O2S/c1-17(10-11-5-3-2-4-6-11)20(18,19)14-8-7-12(16)9-13(14)15/h7-9,11H,2-6,10,16H2,1H3. The van der Waals surface area contributed by atoms with Crippen molar-refractivity contribution in [2.75, 3.05) is 19.3 Å². The van der Waals surface area contributed by atoms with Crippen LogP contribution in [0.3, 0.4) is 0 Å². The average molecular weight is 317 g/mol. The highest BCUT2D eigenvalue weighted by molar-refractivity contribution is 7.89. The van der Waals surface area contributed by atoms with Crippen LogP contribution in [0.2, 0.25) is 5.02 Å². The van der Waals surface area contributed by atoms with E-state index >= 15 is 0 Å². The number of benzene rings is 1. The zero-order valence-electron chi connectivity index (χ0n) is 11.7. The van der Waals surface area contributed by atoms with E-state index in [-0.39, 0.29) is 9.92 Å². The van der Waals surface area contributed by atoms with Gasteiger partial charge in [-0.15, -0.1) is 0 Å². The summed E-state index contributed by atoms with van der Waals surface area (Å²) in [5.41, 5.74) is 6.07. The molecular weight excluding hydrogens is 296 g/mol. The van der Waals surface area contributed by atoms with Crippen LogP contribution in [0.1, 0.15) is 32.1 Å². The molecule has 2 rings (SSSR count). The lowest BCUT2D eigenvalue weighted by molar-refractivity contribution is 0.300. The van der Waals surface area contributed by atoms with Crippen LogP contribution in [0, 0.1) is 5.92 Å². The highest BCUT2D eigenvalue weighted by Gasteiger charge is 2.26. The van der Waals surface area contributed by atoms with E-state index in [2.05, 4.69) is 0 Å². The molecule has 0 aliphatic heterocycles. The largest absolute Gasteiger partial charge is 0.399 e. The molecule has 0 unspecified atom stereocenters. The van der Waals surface area contributed by atoms with Crippen molar-refractivity contribution in [1.29, 1.82) is 0 Å². The molecule has 0 aromatic heterocycles. The van der Waals surface area contributed by atoms with Crippen molar-refractivity contribution in [1.82, 2.24) is 4.31 Å². The summed E-state index contributed by atoms with van der Waals surface area (Å²) in [5, 5.41) is 0.181. The van der Waals surface area contributed by atoms with Crippen molar-refractivity contribution in [3.05, 3.63) is 23.2 Å². The predicted molar refractivity (Wildman–Crippen MR) is 82.3 cm³/mol. The molecule has 4 nitrogen and oxygen atoms in total. The highest BCUT2D eigenvalue weighted by Crippen LogP contribution is 2.29. The molecule has 0 bridgehead atoms. The van der Waals surface area contributed by atoms with Gasteiger partial charge in [0.2, 0.25) is 10.0 Å². The molecule has 0 atom stereocenters. The highest BCUT2D eigenvalue weighted by atomic mass is 35.5. The van der Waals surface area contributed by atoms with Gasteiger partial charge in [0.1, 0.15) is 4.90 Å². The summed E-state index contributed by atoms with van der Waals surface area (Å²) in [6.07, 6.45) is 5.86. The summed E-state index contributed by atoms with van der Waals surface area (Å²) in [4.78, 5) is 0.131. The summed E-state index contributed by atoms with van der Waals surface area (Å²) in [6, 6.07) is 4.51. The number of halogens is 1. The smallest absolute Gasteiger partial charge is 0.244 e. The molecule has 20 heavy (non-hydrogen) atoms. The van der Waals surface area contributed by atoms with E-state index in [1.807, 2.05) is 0 Å². The van der Waals surface area contributed by atoms with Crippen LogP contribution in [0.25, 0.3) is 0 Å². The minimum atomic E-state index is -3.54. The van der Waals surface area contributed by atoms with E-state index < -0.39 is 10.0 Å². The van der Waals surface area contributed by atoms with Crippen LogP contribution in [-0.2, 0) is 10.0 Å². The van der Waals surface area contributed by atoms with E-state index in [1.165, 1.54) is 35.7 Å². The zero-order valence-corrected chi connectivity index (χ0v) is 13.3. The second kappa shape index (κ2) is 6.33. The van der Waals surface area contributed by atoms with Crippen molar-refractivity contribution >= 4 is 27.3 Å². The van der Waals surface area contributed by atoms with Crippen molar-refractivity contribution in [3.63, 3.8) is 0 Å². The van der Waals surface area contributed by atoms with E-state index in [4.69, 9.17) is 17.3 Å². The summed E-state index contributed by atoms with van der Waals surface area (Å²) < 4.78 is 26.5. The first-order valence-electron chi connectivity index (χ1n) is 6.92. The third-order valence-electron chi connectivity index (χ3n) is 3.88. The molecule has 1 fully saturated rings. The first kappa shape index (κ1) is 15.6. The topological polar surface area (TPSA) is 63.4 Å². The average Bonchev–Trinajstić information content (AvgIpc) is 2.39. The summed E-state index contributed by atoms with van der Waals surface area (Å²) in [5.74, 6) is 0.455. The van der Waals surface area contributed by atoms with Crippen LogP contribution in [-0.4, -0.2) is 26.3 Å². The lowest BCUT2D eigenvalue weighted by Gasteiger charge is -2.26. The quantitative estimate of drug-likeness (QED) is 0.868. The fourth-order valence-corrected chi connectivity index (χ4v) is 4.50. The Morgan fingerprint density at radius 2 is 1.95 bits per heavy atom. The lowest BCUT2D eigenvalue weighted by atomic mass is 9.89. The van der Waals surface area contributed by atoms with Gasteiger partial charge in [-0.3, -0.25) is 0 Å². The van der Waals surface area contributed by atoms with Crippen molar-refractivity contribution in [2.24, 2.45) is 5.92 Å². The van der Waals surface area contributed by atoms with E-state index in [0.29, 0.717) is 18.2 Å². The van der Waals surface area contributed by atoms with Gasteiger partial charge in [-0.1, -0.05) is 30.9 Å². The maximum absolute atomic E-state index is 12.5. The fraction of sp³-hybridized carbons (Fsp3) is 0.571. The van der Waals surface area contributed by atoms with Gasteiger partial charge in [-0.25, -0.2) is 12.7 Å². The molecule has 0 saturated heterocycles. The number of nitrogen functional groups attached to an aromatic ring is 1. The molecule has 1 aromatic carbocycles. The molecule has 112 valence electrons. The predicted octanol–water partition coefficient (Wildman–Crippen LogP) is 3.12. The third kappa shape index (κ3) is 3.45. The van der Waals surface area contributed by atoms with Crippen LogP contribution in [0.15, 0.2) is 23.1 Å². The van der Waals surface area contributed by atoms with Gasteiger partial charge in [0.05, 0.1) is 5.02 Å². The molecule has 0 heterocycles. The summed E-state index contributed by atoms with van der Waals surface area (Å²) >= 11 is 6.02. The molecule has 0 radical (unpaired) electrons. The summed E-state index contributed by atoms with van der Waals surface area (Å²) in [7, 11) is -1.92. The van der Waals surface area contributed by atoms with E-state index in [9.17, 15) is 8.42 Å². The number of hydrogen-bond acceptors (Lipinski definition) is 3. The molecule has 1 aliphatic carbocycles. The van der Waals surface area contributed by atoms with Gasteiger partial charge < -0.3 is 5.73 Å². The van der Waals surface area contributed by atoms with Crippen LogP contribution in [0.5, 0.6) is 0 Å². The molecule has 0 amide bonds. The van der Waals surface area contributed by atoms with Gasteiger partial charge in [-0.05, 0) is 37.0 Å². The third-order valence-corrected chi connectivity index (χ3v) is 6.19. The van der Waals surface area contributed by atoms with Crippen molar-refractivity contribution in [2.45, 2.75) is 37.0 Å². The Kier molecular flexibility index (Phi) is 4.94. The van der Waals surface area contributed by atoms with Gasteiger partial charge in [0.15, 0.2) is 0 Å². The Balaban J connectivity index is 2.16. The number of nitrogens with two attached hydrogens (primary N) is 1. The van der Waals surface area contributed by atoms with Crippen molar-refractivity contribution < 1.29 is 8.42 Å². The second-order valence-electron chi connectivity index (χ2n) is 5.48. The molecule has 0 spiro atoms. The second-order valence-corrected chi connectivity index (χ2v) is 7.90. The SMILES string of the molecule is CN(CC1CCCCC1)S(=O)(=O)c1ccc(N)cc1Cl. The van der Waals surface area contributed by atoms with Crippen LogP contribution < -0.4 is 5.73 Å². The Labute approximate surface area is 126 Å².